The summed E-state index contributed by atoms with van der Waals surface area (Å²) in [5.74, 6) is 0.814. The van der Waals surface area contributed by atoms with E-state index in [9.17, 15) is 9.90 Å². The van der Waals surface area contributed by atoms with Crippen LogP contribution in [0.4, 0.5) is 4.79 Å². The van der Waals surface area contributed by atoms with E-state index in [2.05, 4.69) is 15.5 Å². The maximum absolute atomic E-state index is 11.5. The number of carbonyl (C=O) groups excluding carboxylic acids is 1. The third-order valence-electron chi connectivity index (χ3n) is 2.38. The molecule has 0 saturated carbocycles. The third kappa shape index (κ3) is 4.48. The molecule has 1 amide bonds. The standard InChI is InChI=1S/C14H17N3O4/c1-14(2,3)20-13(19)15-8-11-16-12(17-21-11)9-4-6-10(18)7-5-9/h4-7,18H,8H2,1-3H3,(H,15,19). The Labute approximate surface area is 121 Å². The Hall–Kier alpha value is -2.57. The van der Waals surface area contributed by atoms with E-state index in [1.54, 1.807) is 32.9 Å². The lowest BCUT2D eigenvalue weighted by molar-refractivity contribution is 0.0518. The smallest absolute Gasteiger partial charge is 0.408 e. The summed E-state index contributed by atoms with van der Waals surface area (Å²) in [7, 11) is 0. The molecular formula is C14H17N3O4. The molecule has 0 bridgehead atoms. The van der Waals surface area contributed by atoms with Crippen molar-refractivity contribution in [3.63, 3.8) is 0 Å². The number of aromatic hydroxyl groups is 1. The average molecular weight is 291 g/mol. The van der Waals surface area contributed by atoms with E-state index in [-0.39, 0.29) is 18.2 Å². The van der Waals surface area contributed by atoms with E-state index in [4.69, 9.17) is 9.26 Å². The van der Waals surface area contributed by atoms with Crippen LogP contribution >= 0.6 is 0 Å². The topological polar surface area (TPSA) is 97.5 Å². The zero-order valence-electron chi connectivity index (χ0n) is 12.1. The second kappa shape index (κ2) is 5.82. The highest BCUT2D eigenvalue weighted by Crippen LogP contribution is 2.18. The predicted molar refractivity (Wildman–Crippen MR) is 74.5 cm³/mol. The number of phenols is 1. The number of nitrogens with one attached hydrogen (secondary N) is 1. The number of nitrogens with zero attached hydrogens (tertiary/aromatic N) is 2. The molecule has 0 unspecified atom stereocenters. The fourth-order valence-corrected chi connectivity index (χ4v) is 1.52. The maximum Gasteiger partial charge on any atom is 0.408 e. The van der Waals surface area contributed by atoms with Crippen LogP contribution in [0.25, 0.3) is 11.4 Å². The highest BCUT2D eigenvalue weighted by atomic mass is 16.6. The van der Waals surface area contributed by atoms with Crippen LogP contribution in [0.15, 0.2) is 28.8 Å². The van der Waals surface area contributed by atoms with Crippen molar-refractivity contribution in [1.82, 2.24) is 15.5 Å². The molecule has 2 N–H and O–H groups in total. The van der Waals surface area contributed by atoms with Gasteiger partial charge >= 0.3 is 6.09 Å². The van der Waals surface area contributed by atoms with Crippen molar-refractivity contribution in [1.29, 1.82) is 0 Å². The number of rotatable bonds is 3. The first kappa shape index (κ1) is 14.8. The van der Waals surface area contributed by atoms with Crippen molar-refractivity contribution in [2.45, 2.75) is 32.9 Å². The van der Waals surface area contributed by atoms with Gasteiger partial charge in [0, 0.05) is 5.56 Å². The minimum Gasteiger partial charge on any atom is -0.508 e. The first-order chi connectivity index (χ1) is 9.83. The zero-order valence-corrected chi connectivity index (χ0v) is 12.1. The van der Waals surface area contributed by atoms with Gasteiger partial charge in [0.1, 0.15) is 17.9 Å². The lowest BCUT2D eigenvalue weighted by Crippen LogP contribution is -2.32. The predicted octanol–water partition coefficient (Wildman–Crippen LogP) is 2.47. The van der Waals surface area contributed by atoms with Gasteiger partial charge in [0.2, 0.25) is 11.7 Å². The largest absolute Gasteiger partial charge is 0.508 e. The van der Waals surface area contributed by atoms with Gasteiger partial charge in [0.25, 0.3) is 0 Å². The van der Waals surface area contributed by atoms with Gasteiger partial charge in [-0.25, -0.2) is 4.79 Å². The molecule has 1 aromatic heterocycles. The molecule has 0 aliphatic carbocycles. The molecule has 0 saturated heterocycles. The summed E-state index contributed by atoms with van der Waals surface area (Å²) in [6, 6.07) is 6.41. The number of aromatic nitrogens is 2. The minimum absolute atomic E-state index is 0.0833. The number of amides is 1. The summed E-state index contributed by atoms with van der Waals surface area (Å²) < 4.78 is 10.1. The zero-order chi connectivity index (χ0) is 15.5. The highest BCUT2D eigenvalue weighted by molar-refractivity contribution is 5.67. The number of alkyl carbamates (subject to hydrolysis) is 1. The summed E-state index contributed by atoms with van der Waals surface area (Å²) in [4.78, 5) is 15.6. The lowest BCUT2D eigenvalue weighted by Gasteiger charge is -2.19. The van der Waals surface area contributed by atoms with E-state index in [0.29, 0.717) is 11.4 Å². The molecule has 21 heavy (non-hydrogen) atoms. The van der Waals surface area contributed by atoms with Gasteiger partial charge < -0.3 is 19.7 Å². The van der Waals surface area contributed by atoms with Gasteiger partial charge in [-0.05, 0) is 45.0 Å². The number of phenolic OH excluding ortho intramolecular Hbond substituents is 1. The summed E-state index contributed by atoms with van der Waals surface area (Å²) in [6.45, 7) is 5.42. The van der Waals surface area contributed by atoms with Crippen LogP contribution in [0.1, 0.15) is 26.7 Å². The van der Waals surface area contributed by atoms with Gasteiger partial charge in [-0.1, -0.05) is 5.16 Å². The Balaban J connectivity index is 1.94. The Kier molecular flexibility index (Phi) is 4.11. The minimum atomic E-state index is -0.559. The molecule has 2 aromatic rings. The van der Waals surface area contributed by atoms with Crippen molar-refractivity contribution in [3.05, 3.63) is 30.2 Å². The molecule has 0 aliphatic heterocycles. The van der Waals surface area contributed by atoms with E-state index < -0.39 is 11.7 Å². The highest BCUT2D eigenvalue weighted by Gasteiger charge is 2.17. The molecular weight excluding hydrogens is 274 g/mol. The van der Waals surface area contributed by atoms with Gasteiger partial charge in [0.15, 0.2) is 0 Å². The van der Waals surface area contributed by atoms with Crippen LogP contribution in [0.5, 0.6) is 5.75 Å². The van der Waals surface area contributed by atoms with Gasteiger partial charge in [-0.15, -0.1) is 0 Å². The third-order valence-corrected chi connectivity index (χ3v) is 2.38. The fourth-order valence-electron chi connectivity index (χ4n) is 1.52. The number of ether oxygens (including phenoxy) is 1. The van der Waals surface area contributed by atoms with Crippen LogP contribution < -0.4 is 5.32 Å². The fraction of sp³-hybridized carbons (Fsp3) is 0.357. The summed E-state index contributed by atoms with van der Waals surface area (Å²) in [5.41, 5.74) is 0.149. The second-order valence-electron chi connectivity index (χ2n) is 5.41. The van der Waals surface area contributed by atoms with Crippen LogP contribution in [-0.2, 0) is 11.3 Å². The van der Waals surface area contributed by atoms with Gasteiger partial charge in [0.05, 0.1) is 0 Å². The van der Waals surface area contributed by atoms with Gasteiger partial charge in [-0.2, -0.15) is 4.98 Å². The van der Waals surface area contributed by atoms with Crippen molar-refractivity contribution in [2.75, 3.05) is 0 Å². The van der Waals surface area contributed by atoms with Crippen LogP contribution in [0, 0.1) is 0 Å². The Morgan fingerprint density at radius 1 is 1.33 bits per heavy atom. The molecule has 7 nitrogen and oxygen atoms in total. The van der Waals surface area contributed by atoms with Crippen LogP contribution in [0.2, 0.25) is 0 Å². The summed E-state index contributed by atoms with van der Waals surface area (Å²) in [5, 5.41) is 15.6. The Morgan fingerprint density at radius 3 is 2.62 bits per heavy atom. The molecule has 1 heterocycles. The molecule has 1 aromatic carbocycles. The first-order valence-electron chi connectivity index (χ1n) is 6.42. The molecule has 0 fully saturated rings. The van der Waals surface area contributed by atoms with E-state index in [1.807, 2.05) is 0 Å². The van der Waals surface area contributed by atoms with E-state index >= 15 is 0 Å². The summed E-state index contributed by atoms with van der Waals surface area (Å²) in [6.07, 6.45) is -0.549. The number of benzene rings is 1. The lowest BCUT2D eigenvalue weighted by atomic mass is 10.2. The average Bonchev–Trinajstić information content (AvgIpc) is 2.84. The van der Waals surface area contributed by atoms with Crippen LogP contribution in [-0.4, -0.2) is 26.9 Å². The summed E-state index contributed by atoms with van der Waals surface area (Å²) >= 11 is 0. The van der Waals surface area contributed by atoms with Crippen molar-refractivity contribution in [2.24, 2.45) is 0 Å². The van der Waals surface area contributed by atoms with Crippen molar-refractivity contribution >= 4 is 6.09 Å². The maximum atomic E-state index is 11.5. The molecule has 0 spiro atoms. The van der Waals surface area contributed by atoms with Crippen molar-refractivity contribution in [3.8, 4) is 17.1 Å². The van der Waals surface area contributed by atoms with E-state index in [1.165, 1.54) is 12.1 Å². The number of hydrogen-bond donors (Lipinski definition) is 2. The SMILES string of the molecule is CC(C)(C)OC(=O)NCc1nc(-c2ccc(O)cc2)no1. The number of hydrogen-bond acceptors (Lipinski definition) is 6. The molecule has 2 rings (SSSR count). The second-order valence-corrected chi connectivity index (χ2v) is 5.41. The van der Waals surface area contributed by atoms with Gasteiger partial charge in [-0.3, -0.25) is 0 Å². The Morgan fingerprint density at radius 2 is 2.00 bits per heavy atom. The van der Waals surface area contributed by atoms with E-state index in [0.717, 1.165) is 0 Å². The molecule has 7 heteroatoms. The normalized spacial score (nSPS) is 11.2. The molecule has 112 valence electrons. The molecule has 0 aliphatic rings. The first-order valence-corrected chi connectivity index (χ1v) is 6.42. The monoisotopic (exact) mass is 291 g/mol. The number of carbonyl (C=O) groups is 1. The molecule has 0 radical (unpaired) electrons. The Bertz CT molecular complexity index is 614. The quantitative estimate of drug-likeness (QED) is 0.901. The molecule has 0 atom stereocenters. The van der Waals surface area contributed by atoms with Crippen molar-refractivity contribution < 1.29 is 19.2 Å². The van der Waals surface area contributed by atoms with Crippen LogP contribution in [0.3, 0.4) is 0 Å².